The largest absolute Gasteiger partial charge is 3.00 e. The van der Waals surface area contributed by atoms with E-state index in [9.17, 15) is 59.4 Å². The van der Waals surface area contributed by atoms with Gasteiger partial charge in [-0.15, -0.1) is 0 Å². The standard InChI is InChI=1S/3C4H6O5.2B/c3*5-2(4(8)9)1-3(6)7;;/h3*2,5H,1H2,(H,6,7)(H,8,9);;/q;;;2*+3/p-6. The van der Waals surface area contributed by atoms with Crippen LogP contribution in [-0.2, 0) is 28.8 Å². The van der Waals surface area contributed by atoms with Crippen LogP contribution in [0.4, 0.5) is 0 Å². The third-order valence-electron chi connectivity index (χ3n) is 1.90. The van der Waals surface area contributed by atoms with Gasteiger partial charge >= 0.3 is 16.8 Å². The van der Waals surface area contributed by atoms with Crippen LogP contribution in [0.25, 0.3) is 0 Å². The monoisotopic (exact) mass is 418 g/mol. The van der Waals surface area contributed by atoms with E-state index in [0.717, 1.165) is 0 Å². The van der Waals surface area contributed by atoms with Crippen LogP contribution in [0.3, 0.4) is 0 Å². The summed E-state index contributed by atoms with van der Waals surface area (Å²) in [5.74, 6) is -10.3. The van der Waals surface area contributed by atoms with Gasteiger partial charge in [0.25, 0.3) is 0 Å². The van der Waals surface area contributed by atoms with Crippen molar-refractivity contribution in [1.82, 2.24) is 0 Å². The second-order valence-corrected chi connectivity index (χ2v) is 4.23. The number of carbonyl (C=O) groups excluding carboxylic acids is 6. The van der Waals surface area contributed by atoms with Crippen molar-refractivity contribution >= 4 is 52.6 Å². The quantitative estimate of drug-likeness (QED) is 0.293. The number of carbonyl (C=O) groups is 6. The van der Waals surface area contributed by atoms with Gasteiger partial charge < -0.3 is 74.7 Å². The minimum absolute atomic E-state index is 0. The molecule has 0 radical (unpaired) electrons. The van der Waals surface area contributed by atoms with E-state index in [0.29, 0.717) is 0 Å². The number of rotatable bonds is 9. The molecule has 0 aromatic heterocycles. The van der Waals surface area contributed by atoms with E-state index < -0.39 is 73.4 Å². The van der Waals surface area contributed by atoms with Gasteiger partial charge in [-0.1, -0.05) is 0 Å². The average Bonchev–Trinajstić information content (AvgIpc) is 2.46. The first-order valence-corrected chi connectivity index (χ1v) is 6.38. The minimum Gasteiger partial charge on any atom is -0.550 e. The predicted molar refractivity (Wildman–Crippen MR) is 73.4 cm³/mol. The van der Waals surface area contributed by atoms with Gasteiger partial charge in [0.15, 0.2) is 0 Å². The fourth-order valence-electron chi connectivity index (χ4n) is 0.724. The molecule has 29 heavy (non-hydrogen) atoms. The van der Waals surface area contributed by atoms with Crippen molar-refractivity contribution in [3.63, 3.8) is 0 Å². The summed E-state index contributed by atoms with van der Waals surface area (Å²) < 4.78 is 0. The molecule has 0 amide bonds. The second kappa shape index (κ2) is 19.6. The number of carboxylic acid groups (broad SMARTS) is 6. The first-order valence-electron chi connectivity index (χ1n) is 6.38. The second-order valence-electron chi connectivity index (χ2n) is 4.23. The Bertz CT molecular complexity index is 473. The molecule has 0 heterocycles. The van der Waals surface area contributed by atoms with Crippen molar-refractivity contribution in [2.24, 2.45) is 0 Å². The third-order valence-corrected chi connectivity index (χ3v) is 1.90. The summed E-state index contributed by atoms with van der Waals surface area (Å²) in [4.78, 5) is 57.4. The van der Waals surface area contributed by atoms with Crippen LogP contribution in [0, 0.1) is 0 Å². The van der Waals surface area contributed by atoms with Crippen molar-refractivity contribution in [3.8, 4) is 0 Å². The Morgan fingerprint density at radius 3 is 0.655 bits per heavy atom. The van der Waals surface area contributed by atoms with Crippen molar-refractivity contribution < 1.29 is 74.7 Å². The molecule has 0 aliphatic rings. The summed E-state index contributed by atoms with van der Waals surface area (Å²) in [7, 11) is 0. The van der Waals surface area contributed by atoms with Crippen molar-refractivity contribution in [2.45, 2.75) is 37.6 Å². The Kier molecular flexibility index (Phi) is 24.8. The molecule has 0 aliphatic carbocycles. The van der Waals surface area contributed by atoms with E-state index in [1.54, 1.807) is 0 Å². The summed E-state index contributed by atoms with van der Waals surface area (Å²) in [6.45, 7) is 0. The van der Waals surface area contributed by atoms with Gasteiger partial charge in [0, 0.05) is 37.2 Å². The summed E-state index contributed by atoms with van der Waals surface area (Å²) >= 11 is 0. The van der Waals surface area contributed by atoms with Gasteiger partial charge in [-0.05, 0) is 0 Å². The van der Waals surface area contributed by atoms with Gasteiger partial charge in [-0.2, -0.15) is 0 Å². The van der Waals surface area contributed by atoms with Crippen LogP contribution in [0.15, 0.2) is 0 Å². The number of carboxylic acids is 6. The topological polar surface area (TPSA) is 301 Å². The SMILES string of the molecule is O=C([O-])CC(O)C(=O)[O-].O=C([O-])CC(O)C(=O)[O-].O=C([O-])CC(O)C(=O)[O-].[B+3].[B+3]. The van der Waals surface area contributed by atoms with Crippen LogP contribution in [0.2, 0.25) is 0 Å². The van der Waals surface area contributed by atoms with Crippen molar-refractivity contribution in [1.29, 1.82) is 0 Å². The molecule has 0 spiro atoms. The zero-order valence-corrected chi connectivity index (χ0v) is 14.2. The smallest absolute Gasteiger partial charge is 0.550 e. The summed E-state index contributed by atoms with van der Waals surface area (Å²) in [6.07, 6.45) is -8.67. The van der Waals surface area contributed by atoms with Gasteiger partial charge in [0.2, 0.25) is 0 Å². The van der Waals surface area contributed by atoms with E-state index in [4.69, 9.17) is 15.3 Å². The van der Waals surface area contributed by atoms with Gasteiger partial charge in [-0.3, -0.25) is 0 Å². The fraction of sp³-hybridized carbons (Fsp3) is 0.500. The van der Waals surface area contributed by atoms with E-state index in [1.807, 2.05) is 0 Å². The Balaban J connectivity index is -0.0000000960. The van der Waals surface area contributed by atoms with Crippen LogP contribution in [-0.4, -0.2) is 86.3 Å². The van der Waals surface area contributed by atoms with Crippen LogP contribution in [0.5, 0.6) is 0 Å². The molecule has 0 aliphatic heterocycles. The first-order chi connectivity index (χ1) is 12.1. The minimum atomic E-state index is -1.96. The molecule has 0 saturated carbocycles. The van der Waals surface area contributed by atoms with Gasteiger partial charge in [0.05, 0.1) is 36.2 Å². The van der Waals surface area contributed by atoms with Crippen LogP contribution < -0.4 is 30.6 Å². The molecule has 17 heteroatoms. The Labute approximate surface area is 166 Å². The van der Waals surface area contributed by atoms with Crippen LogP contribution >= 0.6 is 0 Å². The zero-order chi connectivity index (χ0) is 22.3. The summed E-state index contributed by atoms with van der Waals surface area (Å²) in [5.41, 5.74) is 0. The number of hydrogen-bond acceptors (Lipinski definition) is 15. The van der Waals surface area contributed by atoms with E-state index >= 15 is 0 Å². The normalized spacial score (nSPS) is 11.7. The van der Waals surface area contributed by atoms with Crippen molar-refractivity contribution in [3.05, 3.63) is 0 Å². The molecule has 0 saturated heterocycles. The molecule has 0 aromatic carbocycles. The Morgan fingerprint density at radius 1 is 0.483 bits per heavy atom. The van der Waals surface area contributed by atoms with Gasteiger partial charge in [-0.25, -0.2) is 0 Å². The predicted octanol–water partition coefficient (Wildman–Crippen LogP) is -12.1. The molecule has 3 atom stereocenters. The fourth-order valence-corrected chi connectivity index (χ4v) is 0.724. The van der Waals surface area contributed by atoms with E-state index in [1.165, 1.54) is 0 Å². The van der Waals surface area contributed by atoms with E-state index in [2.05, 4.69) is 0 Å². The van der Waals surface area contributed by atoms with E-state index in [-0.39, 0.29) is 16.8 Å². The molecule has 0 rings (SSSR count). The molecule has 156 valence electrons. The molecule has 3 N–H and O–H groups in total. The van der Waals surface area contributed by atoms with Crippen LogP contribution in [0.1, 0.15) is 19.3 Å². The maximum absolute atomic E-state index is 9.58. The number of hydrogen-bond donors (Lipinski definition) is 3. The van der Waals surface area contributed by atoms with Crippen molar-refractivity contribution in [2.75, 3.05) is 0 Å². The average molecular weight is 418 g/mol. The maximum atomic E-state index is 9.58. The molecular weight excluding hydrogens is 406 g/mol. The Hall–Kier alpha value is -3.17. The first kappa shape index (κ1) is 36.7. The molecule has 0 fully saturated rings. The Morgan fingerprint density at radius 2 is 0.621 bits per heavy atom. The molecule has 0 aromatic rings. The molecule has 15 nitrogen and oxygen atoms in total. The molecule has 3 unspecified atom stereocenters. The molecule has 0 bridgehead atoms. The third kappa shape index (κ3) is 29.8. The zero-order valence-electron chi connectivity index (χ0n) is 14.2. The van der Waals surface area contributed by atoms with Gasteiger partial charge in [0.1, 0.15) is 0 Å². The maximum Gasteiger partial charge on any atom is 3.00 e. The number of aliphatic hydroxyl groups excluding tert-OH is 3. The number of aliphatic hydroxyl groups is 3. The molecular formula is C12H12B2O15. The summed E-state index contributed by atoms with van der Waals surface area (Å²) in [6, 6.07) is 0. The number of aliphatic carboxylic acids is 6. The summed E-state index contributed by atoms with van der Waals surface area (Å²) in [5, 5.41) is 82.0.